The van der Waals surface area contributed by atoms with Crippen LogP contribution in [0, 0.1) is 0 Å². The Kier molecular flexibility index (Phi) is 9.39. The first-order valence-corrected chi connectivity index (χ1v) is 24.1. The highest BCUT2D eigenvalue weighted by Crippen LogP contribution is 2.57. The number of fused-ring (bicyclic) bond motifs is 6. The van der Waals surface area contributed by atoms with Gasteiger partial charge in [-0.1, -0.05) is 164 Å². The molecule has 0 radical (unpaired) electrons. The fraction of sp³-hybridized carbons (Fsp3) is 0.0149. The number of nitrogens with zero attached hydrogens (tertiary/aromatic N) is 2. The largest absolute Gasteiger partial charge is 0.436 e. The maximum atomic E-state index is 6.15. The first-order valence-electron chi connectivity index (χ1n) is 24.1. The molecule has 0 spiro atoms. The lowest BCUT2D eigenvalue weighted by Crippen LogP contribution is -2.28. The summed E-state index contributed by atoms with van der Waals surface area (Å²) in [4.78, 5) is 9.54. The van der Waals surface area contributed by atoms with Gasteiger partial charge in [-0.05, 0) is 180 Å². The average Bonchev–Trinajstić information content (AvgIpc) is 4.16. The minimum Gasteiger partial charge on any atom is -0.436 e. The molecule has 0 fully saturated rings. The van der Waals surface area contributed by atoms with Crippen molar-refractivity contribution in [1.29, 1.82) is 0 Å². The molecule has 2 heterocycles. The molecule has 0 atom stereocenters. The third-order valence-electron chi connectivity index (χ3n) is 14.4. The van der Waals surface area contributed by atoms with Crippen LogP contribution in [0.1, 0.15) is 22.3 Å². The lowest BCUT2D eigenvalue weighted by molar-refractivity contribution is 0.619. The maximum Gasteiger partial charge on any atom is 0.227 e. The third-order valence-corrected chi connectivity index (χ3v) is 14.4. The zero-order valence-corrected chi connectivity index (χ0v) is 38.5. The van der Waals surface area contributed by atoms with E-state index in [1.54, 1.807) is 0 Å². The van der Waals surface area contributed by atoms with Crippen molar-refractivity contribution < 1.29 is 8.83 Å². The Balaban J connectivity index is 0.896. The topological polar surface area (TPSA) is 52.1 Å². The Hall–Kier alpha value is -9.38. The van der Waals surface area contributed by atoms with Crippen LogP contribution in [0.2, 0.25) is 0 Å². The van der Waals surface area contributed by atoms with E-state index in [-0.39, 0.29) is 0 Å². The summed E-state index contributed by atoms with van der Waals surface area (Å²) in [5.74, 6) is 1.22. The van der Waals surface area contributed by atoms with Crippen LogP contribution in [0.25, 0.3) is 112 Å². The second-order valence-corrected chi connectivity index (χ2v) is 18.5. The van der Waals surface area contributed by atoms with Gasteiger partial charge < -0.3 is 8.83 Å². The molecule has 2 aromatic heterocycles. The van der Waals surface area contributed by atoms with Crippen molar-refractivity contribution in [1.82, 2.24) is 9.97 Å². The molecule has 0 saturated carbocycles. The van der Waals surface area contributed by atoms with E-state index in [1.807, 2.05) is 48.5 Å². The molecule has 71 heavy (non-hydrogen) atoms. The molecule has 0 N–H and O–H groups in total. The van der Waals surface area contributed by atoms with Gasteiger partial charge in [0.15, 0.2) is 11.2 Å². The highest BCUT2D eigenvalue weighted by molar-refractivity contribution is 5.97. The Morgan fingerprint density at radius 3 is 1.23 bits per heavy atom. The van der Waals surface area contributed by atoms with Crippen molar-refractivity contribution in [2.24, 2.45) is 0 Å². The van der Waals surface area contributed by atoms with E-state index in [0.29, 0.717) is 11.8 Å². The minimum atomic E-state index is -0.528. The maximum absolute atomic E-state index is 6.15. The van der Waals surface area contributed by atoms with E-state index in [4.69, 9.17) is 18.8 Å². The van der Waals surface area contributed by atoms with Gasteiger partial charge in [-0.15, -0.1) is 0 Å². The molecule has 1 aliphatic carbocycles. The van der Waals surface area contributed by atoms with Crippen LogP contribution in [0.5, 0.6) is 0 Å². The summed E-state index contributed by atoms with van der Waals surface area (Å²) in [6, 6.07) is 91.5. The smallest absolute Gasteiger partial charge is 0.227 e. The van der Waals surface area contributed by atoms with E-state index in [2.05, 4.69) is 206 Å². The second kappa shape index (κ2) is 16.4. The lowest BCUT2D eigenvalue weighted by atomic mass is 9.67. The number of benzene rings is 11. The van der Waals surface area contributed by atoms with E-state index in [1.165, 1.54) is 49.7 Å². The molecule has 4 nitrogen and oxygen atoms in total. The zero-order valence-electron chi connectivity index (χ0n) is 38.5. The third kappa shape index (κ3) is 6.83. The van der Waals surface area contributed by atoms with Crippen LogP contribution in [0.3, 0.4) is 0 Å². The molecule has 0 unspecified atom stereocenters. The predicted octanol–water partition coefficient (Wildman–Crippen LogP) is 17.5. The van der Waals surface area contributed by atoms with Crippen molar-refractivity contribution in [2.45, 2.75) is 5.41 Å². The van der Waals surface area contributed by atoms with Crippen molar-refractivity contribution >= 4 is 33.0 Å². The molecule has 0 aliphatic heterocycles. The summed E-state index contributed by atoms with van der Waals surface area (Å²) in [5, 5.41) is 2.48. The van der Waals surface area contributed by atoms with Gasteiger partial charge in [0.1, 0.15) is 11.0 Å². The van der Waals surface area contributed by atoms with Crippen LogP contribution in [-0.2, 0) is 5.41 Å². The van der Waals surface area contributed by atoms with Gasteiger partial charge in [0.25, 0.3) is 0 Å². The fourth-order valence-corrected chi connectivity index (χ4v) is 11.0. The summed E-state index contributed by atoms with van der Waals surface area (Å²) in [6.45, 7) is 0. The summed E-state index contributed by atoms with van der Waals surface area (Å²) >= 11 is 0. The quantitative estimate of drug-likeness (QED) is 0.152. The van der Waals surface area contributed by atoms with Crippen LogP contribution in [0.15, 0.2) is 264 Å². The highest BCUT2D eigenvalue weighted by atomic mass is 16.4. The predicted molar refractivity (Wildman–Crippen MR) is 289 cm³/mol. The van der Waals surface area contributed by atoms with Gasteiger partial charge in [-0.2, -0.15) is 0 Å². The number of hydrogen-bond donors (Lipinski definition) is 0. The number of oxazole rings is 2. The van der Waals surface area contributed by atoms with Gasteiger partial charge in [0.05, 0.1) is 5.41 Å². The van der Waals surface area contributed by atoms with E-state index in [0.717, 1.165) is 72.3 Å². The summed E-state index contributed by atoms with van der Waals surface area (Å²) in [5.41, 5.74) is 21.2. The standard InChI is InChI=1S/C67H42N2O2/c1-3-18-55(19-4-1)67(56-20-5-2-6-21-56)59-42-51(34-35-57(59)58-40-49-14-7-8-15-50(49)41-60(58)67)47-16-13-17-48(36-47)54-38-52(43-26-30-45(31-27-43)65-68-61-22-9-11-24-63(61)70-65)37-53(39-54)44-28-32-46(33-29-44)66-69-62-23-10-12-25-64(62)71-66/h1-42H. The lowest BCUT2D eigenvalue weighted by Gasteiger charge is -2.34. The molecule has 1 aliphatic rings. The number of aromatic nitrogens is 2. The minimum absolute atomic E-state index is 0.528. The summed E-state index contributed by atoms with van der Waals surface area (Å²) < 4.78 is 12.3. The first kappa shape index (κ1) is 40.7. The van der Waals surface area contributed by atoms with E-state index >= 15 is 0 Å². The summed E-state index contributed by atoms with van der Waals surface area (Å²) in [6.07, 6.45) is 0. The monoisotopic (exact) mass is 906 g/mol. The van der Waals surface area contributed by atoms with Gasteiger partial charge in [-0.3, -0.25) is 0 Å². The van der Waals surface area contributed by atoms with Gasteiger partial charge in [-0.25, -0.2) is 9.97 Å². The normalized spacial score (nSPS) is 12.6. The van der Waals surface area contributed by atoms with Crippen molar-refractivity contribution in [3.63, 3.8) is 0 Å². The average molecular weight is 907 g/mol. The fourth-order valence-electron chi connectivity index (χ4n) is 11.0. The van der Waals surface area contributed by atoms with Gasteiger partial charge in [0, 0.05) is 11.1 Å². The first-order chi connectivity index (χ1) is 35.1. The Bertz CT molecular complexity index is 3910. The SMILES string of the molecule is c1ccc(C2(c3ccccc3)c3cc(-c4cccc(-c5cc(-c6ccc(-c7nc8ccccc8o7)cc6)cc(-c6ccc(-c7nc8ccccc8o7)cc6)c5)c4)ccc3-c3cc4ccccc4cc32)cc1. The van der Waals surface area contributed by atoms with Crippen LogP contribution < -0.4 is 0 Å². The van der Waals surface area contributed by atoms with Crippen molar-refractivity contribution in [3.05, 3.63) is 277 Å². The van der Waals surface area contributed by atoms with Crippen LogP contribution in [-0.4, -0.2) is 9.97 Å². The Morgan fingerprint density at radius 1 is 0.268 bits per heavy atom. The number of hydrogen-bond acceptors (Lipinski definition) is 4. The van der Waals surface area contributed by atoms with E-state index < -0.39 is 5.41 Å². The molecule has 4 heteroatoms. The van der Waals surface area contributed by atoms with Crippen LogP contribution in [0.4, 0.5) is 0 Å². The Labute approximate surface area is 410 Å². The molecular weight excluding hydrogens is 865 g/mol. The second-order valence-electron chi connectivity index (χ2n) is 18.5. The van der Waals surface area contributed by atoms with Crippen LogP contribution >= 0.6 is 0 Å². The molecule has 0 bridgehead atoms. The summed E-state index contributed by atoms with van der Waals surface area (Å²) in [7, 11) is 0. The number of rotatable bonds is 8. The molecule has 13 aromatic rings. The zero-order chi connectivity index (χ0) is 46.9. The Morgan fingerprint density at radius 2 is 0.676 bits per heavy atom. The molecule has 0 saturated heterocycles. The van der Waals surface area contributed by atoms with Gasteiger partial charge >= 0.3 is 0 Å². The van der Waals surface area contributed by atoms with Crippen molar-refractivity contribution in [2.75, 3.05) is 0 Å². The van der Waals surface area contributed by atoms with Gasteiger partial charge in [0.2, 0.25) is 11.8 Å². The highest BCUT2D eigenvalue weighted by Gasteiger charge is 2.46. The van der Waals surface area contributed by atoms with Crippen molar-refractivity contribution in [3.8, 4) is 78.5 Å². The molecule has 14 rings (SSSR count). The molecule has 332 valence electrons. The number of para-hydroxylation sites is 4. The molecule has 11 aromatic carbocycles. The molecular formula is C67H42N2O2. The van der Waals surface area contributed by atoms with E-state index in [9.17, 15) is 0 Å². The molecule has 0 amide bonds.